The summed E-state index contributed by atoms with van der Waals surface area (Å²) in [6.45, 7) is 2.23. The molecule has 5 heteroatoms. The lowest BCUT2D eigenvalue weighted by atomic mass is 10.2. The highest BCUT2D eigenvalue weighted by molar-refractivity contribution is 5.19. The fourth-order valence-electron chi connectivity index (χ4n) is 1.23. The molecule has 2 N–H and O–H groups in total. The Morgan fingerprint density at radius 2 is 1.81 bits per heavy atom. The number of rotatable bonds is 5. The molecule has 0 radical (unpaired) electrons. The molecule has 1 aromatic rings. The van der Waals surface area contributed by atoms with E-state index >= 15 is 0 Å². The summed E-state index contributed by atoms with van der Waals surface area (Å²) in [4.78, 5) is 0. The second-order valence-corrected chi connectivity index (χ2v) is 3.67. The number of aliphatic hydroxyl groups excluding tert-OH is 1. The number of halogens is 3. The summed E-state index contributed by atoms with van der Waals surface area (Å²) in [7, 11) is 0. The van der Waals surface area contributed by atoms with Gasteiger partial charge < -0.3 is 10.4 Å². The Labute approximate surface area is 92.1 Å². The van der Waals surface area contributed by atoms with Crippen LogP contribution in [-0.2, 0) is 6.54 Å². The third-order valence-electron chi connectivity index (χ3n) is 2.14. The van der Waals surface area contributed by atoms with E-state index in [4.69, 9.17) is 5.11 Å². The Bertz CT molecular complexity index is 355. The van der Waals surface area contributed by atoms with Crippen LogP contribution >= 0.6 is 0 Å². The maximum Gasteiger partial charge on any atom is 0.161 e. The van der Waals surface area contributed by atoms with Gasteiger partial charge in [-0.3, -0.25) is 0 Å². The van der Waals surface area contributed by atoms with Crippen molar-refractivity contribution in [2.24, 2.45) is 0 Å². The van der Waals surface area contributed by atoms with Gasteiger partial charge in [-0.2, -0.15) is 0 Å². The number of aliphatic hydroxyl groups is 1. The Hall–Kier alpha value is -1.07. The van der Waals surface area contributed by atoms with Gasteiger partial charge in [0.15, 0.2) is 11.6 Å². The summed E-state index contributed by atoms with van der Waals surface area (Å²) in [6.07, 6.45) is 0.0768. The minimum Gasteiger partial charge on any atom is -0.393 e. The molecule has 90 valence electrons. The molecule has 0 heterocycles. The van der Waals surface area contributed by atoms with E-state index in [9.17, 15) is 13.2 Å². The van der Waals surface area contributed by atoms with Gasteiger partial charge in [0.25, 0.3) is 0 Å². The van der Waals surface area contributed by atoms with Gasteiger partial charge in [-0.1, -0.05) is 0 Å². The summed E-state index contributed by atoms with van der Waals surface area (Å²) in [5.74, 6) is -3.03. The Morgan fingerprint density at radius 1 is 1.19 bits per heavy atom. The average Bonchev–Trinajstić information content (AvgIpc) is 2.19. The first-order valence-electron chi connectivity index (χ1n) is 5.03. The summed E-state index contributed by atoms with van der Waals surface area (Å²) >= 11 is 0. The van der Waals surface area contributed by atoms with Gasteiger partial charge in [0, 0.05) is 18.2 Å². The van der Waals surface area contributed by atoms with E-state index in [1.54, 1.807) is 6.92 Å². The van der Waals surface area contributed by atoms with Crippen molar-refractivity contribution >= 4 is 0 Å². The molecular formula is C11H14F3NO. The van der Waals surface area contributed by atoms with Crippen molar-refractivity contribution in [2.45, 2.75) is 26.0 Å². The van der Waals surface area contributed by atoms with E-state index in [0.29, 0.717) is 19.0 Å². The molecule has 0 aromatic heterocycles. The molecule has 1 rings (SSSR count). The lowest BCUT2D eigenvalue weighted by Crippen LogP contribution is -2.19. The van der Waals surface area contributed by atoms with Crippen LogP contribution in [0, 0.1) is 17.5 Å². The van der Waals surface area contributed by atoms with Crippen LogP contribution in [0.25, 0.3) is 0 Å². The zero-order valence-electron chi connectivity index (χ0n) is 8.93. The summed E-state index contributed by atoms with van der Waals surface area (Å²) < 4.78 is 38.5. The van der Waals surface area contributed by atoms with Crippen molar-refractivity contribution in [2.75, 3.05) is 6.54 Å². The van der Waals surface area contributed by atoms with E-state index in [-0.39, 0.29) is 12.1 Å². The zero-order valence-corrected chi connectivity index (χ0v) is 8.93. The molecule has 0 bridgehead atoms. The Kier molecular flexibility index (Phi) is 4.76. The summed E-state index contributed by atoms with van der Waals surface area (Å²) in [5.41, 5.74) is 0.0736. The lowest BCUT2D eigenvalue weighted by Gasteiger charge is -2.07. The maximum absolute atomic E-state index is 13.1. The number of hydrogen-bond acceptors (Lipinski definition) is 2. The fourth-order valence-corrected chi connectivity index (χ4v) is 1.23. The minimum atomic E-state index is -1.19. The quantitative estimate of drug-likeness (QED) is 0.602. The third-order valence-corrected chi connectivity index (χ3v) is 2.14. The fraction of sp³-hybridized carbons (Fsp3) is 0.455. The van der Waals surface area contributed by atoms with Gasteiger partial charge in [0.1, 0.15) is 5.82 Å². The second kappa shape index (κ2) is 5.86. The van der Waals surface area contributed by atoms with E-state index in [1.807, 2.05) is 0 Å². The first kappa shape index (κ1) is 13.0. The maximum atomic E-state index is 13.1. The molecule has 2 nitrogen and oxygen atoms in total. The largest absolute Gasteiger partial charge is 0.393 e. The Balaban J connectivity index is 2.51. The standard InChI is InChI=1S/C11H14F3NO/c1-7(16)2-3-15-6-8-4-10(13)11(14)5-9(8)12/h4-5,7,15-16H,2-3,6H2,1H3. The van der Waals surface area contributed by atoms with Crippen LogP contribution in [0.15, 0.2) is 12.1 Å². The van der Waals surface area contributed by atoms with Crippen LogP contribution in [0.1, 0.15) is 18.9 Å². The molecular weight excluding hydrogens is 219 g/mol. The van der Waals surface area contributed by atoms with Crippen molar-refractivity contribution in [1.29, 1.82) is 0 Å². The second-order valence-electron chi connectivity index (χ2n) is 3.67. The number of hydrogen-bond donors (Lipinski definition) is 2. The van der Waals surface area contributed by atoms with Gasteiger partial charge in [0.2, 0.25) is 0 Å². The van der Waals surface area contributed by atoms with E-state index in [2.05, 4.69) is 5.32 Å². The molecule has 0 aliphatic rings. The zero-order chi connectivity index (χ0) is 12.1. The van der Waals surface area contributed by atoms with Crippen molar-refractivity contribution in [1.82, 2.24) is 5.32 Å². The highest BCUT2D eigenvalue weighted by atomic mass is 19.2. The first-order valence-corrected chi connectivity index (χ1v) is 5.03. The molecule has 16 heavy (non-hydrogen) atoms. The van der Waals surface area contributed by atoms with Gasteiger partial charge in [-0.25, -0.2) is 13.2 Å². The smallest absolute Gasteiger partial charge is 0.161 e. The van der Waals surface area contributed by atoms with E-state index in [0.717, 1.165) is 6.07 Å². The van der Waals surface area contributed by atoms with E-state index < -0.39 is 23.6 Å². The molecule has 0 saturated heterocycles. The van der Waals surface area contributed by atoms with E-state index in [1.165, 1.54) is 0 Å². The molecule has 0 fully saturated rings. The molecule has 1 aromatic carbocycles. The van der Waals surface area contributed by atoms with Gasteiger partial charge in [-0.05, 0) is 26.0 Å². The topological polar surface area (TPSA) is 32.3 Å². The summed E-state index contributed by atoms with van der Waals surface area (Å²) in [6, 6.07) is 1.36. The normalized spacial score (nSPS) is 12.8. The van der Waals surface area contributed by atoms with Gasteiger partial charge in [0.05, 0.1) is 6.10 Å². The average molecular weight is 233 g/mol. The minimum absolute atomic E-state index is 0.0736. The number of benzene rings is 1. The SMILES string of the molecule is CC(O)CCNCc1cc(F)c(F)cc1F. The summed E-state index contributed by atoms with van der Waals surface area (Å²) in [5, 5.41) is 11.8. The monoisotopic (exact) mass is 233 g/mol. The highest BCUT2D eigenvalue weighted by Crippen LogP contribution is 2.13. The van der Waals surface area contributed by atoms with Crippen LogP contribution in [0.5, 0.6) is 0 Å². The van der Waals surface area contributed by atoms with Crippen LogP contribution < -0.4 is 5.32 Å². The third kappa shape index (κ3) is 3.83. The molecule has 1 unspecified atom stereocenters. The Morgan fingerprint density at radius 3 is 2.44 bits per heavy atom. The predicted octanol–water partition coefficient (Wildman–Crippen LogP) is 1.96. The molecule has 0 amide bonds. The molecule has 0 aliphatic heterocycles. The molecule has 1 atom stereocenters. The van der Waals surface area contributed by atoms with Crippen LogP contribution in [0.3, 0.4) is 0 Å². The van der Waals surface area contributed by atoms with Crippen LogP contribution in [-0.4, -0.2) is 17.8 Å². The first-order chi connectivity index (χ1) is 7.50. The predicted molar refractivity (Wildman–Crippen MR) is 54.3 cm³/mol. The van der Waals surface area contributed by atoms with Crippen molar-refractivity contribution in [3.63, 3.8) is 0 Å². The van der Waals surface area contributed by atoms with Crippen molar-refractivity contribution in [3.05, 3.63) is 35.1 Å². The van der Waals surface area contributed by atoms with Crippen LogP contribution in [0.4, 0.5) is 13.2 Å². The lowest BCUT2D eigenvalue weighted by molar-refractivity contribution is 0.183. The number of nitrogens with one attached hydrogen (secondary N) is 1. The van der Waals surface area contributed by atoms with Crippen molar-refractivity contribution in [3.8, 4) is 0 Å². The molecule has 0 saturated carbocycles. The van der Waals surface area contributed by atoms with Gasteiger partial charge in [-0.15, -0.1) is 0 Å². The van der Waals surface area contributed by atoms with Crippen molar-refractivity contribution < 1.29 is 18.3 Å². The molecule has 0 aliphatic carbocycles. The van der Waals surface area contributed by atoms with Gasteiger partial charge >= 0.3 is 0 Å². The van der Waals surface area contributed by atoms with Crippen LogP contribution in [0.2, 0.25) is 0 Å². The highest BCUT2D eigenvalue weighted by Gasteiger charge is 2.09. The molecule has 0 spiro atoms.